The fraction of sp³-hybridized carbons (Fsp3) is 0.222. The molecule has 0 radical (unpaired) electrons. The van der Waals surface area contributed by atoms with Crippen molar-refractivity contribution in [2.45, 2.75) is 6.42 Å². The molecule has 0 bridgehead atoms. The van der Waals surface area contributed by atoms with Gasteiger partial charge in [-0.25, -0.2) is 0 Å². The molecule has 0 saturated heterocycles. The summed E-state index contributed by atoms with van der Waals surface area (Å²) in [6.45, 7) is 0. The van der Waals surface area contributed by atoms with Crippen LogP contribution in [0.4, 0.5) is 0 Å². The minimum Gasteiger partial charge on any atom is -0.126 e. The third-order valence-electron chi connectivity index (χ3n) is 1.64. The van der Waals surface area contributed by atoms with E-state index < -0.39 is 0 Å². The first-order chi connectivity index (χ1) is 4.97. The van der Waals surface area contributed by atoms with Gasteiger partial charge in [0.25, 0.3) is 0 Å². The van der Waals surface area contributed by atoms with Gasteiger partial charge in [0, 0.05) is 10.7 Å². The van der Waals surface area contributed by atoms with Gasteiger partial charge in [0.2, 0.25) is 0 Å². The molecule has 0 spiro atoms. The summed E-state index contributed by atoms with van der Waals surface area (Å²) in [5, 5.41) is 0. The van der Waals surface area contributed by atoms with Crippen LogP contribution in [0.1, 0.15) is 6.42 Å². The van der Waals surface area contributed by atoms with Crippen molar-refractivity contribution in [2.75, 3.05) is 5.75 Å². The van der Waals surface area contributed by atoms with Crippen LogP contribution >= 0.6 is 11.8 Å². The van der Waals surface area contributed by atoms with Gasteiger partial charge in [-0.3, -0.25) is 0 Å². The molecule has 0 nitrogen and oxygen atoms in total. The molecule has 0 aromatic heterocycles. The van der Waals surface area contributed by atoms with Crippen LogP contribution in [-0.2, 0) is 0 Å². The van der Waals surface area contributed by atoms with Gasteiger partial charge in [-0.15, -0.1) is 17.5 Å². The highest BCUT2D eigenvalue weighted by atomic mass is 32.2. The second-order valence-electron chi connectivity index (χ2n) is 2.32. The molecule has 0 N–H and O–H groups in total. The third kappa shape index (κ3) is 0.985. The summed E-state index contributed by atoms with van der Waals surface area (Å²) in [5.41, 5.74) is 4.56. The molecule has 10 heavy (non-hydrogen) atoms. The Morgan fingerprint density at radius 1 is 1.50 bits per heavy atom. The molecule has 0 atom stereocenters. The topological polar surface area (TPSA) is 0 Å². The number of hydrogen-bond acceptors (Lipinski definition) is 1. The van der Waals surface area contributed by atoms with Crippen LogP contribution in [0.25, 0.3) is 0 Å². The van der Waals surface area contributed by atoms with Crippen molar-refractivity contribution in [2.24, 2.45) is 0 Å². The van der Waals surface area contributed by atoms with Crippen LogP contribution < -0.4 is 0 Å². The maximum Gasteiger partial charge on any atom is 0.0111 e. The average molecular weight is 148 g/mol. The highest BCUT2D eigenvalue weighted by molar-refractivity contribution is 8.03. The van der Waals surface area contributed by atoms with Crippen molar-refractivity contribution >= 4 is 11.8 Å². The quantitative estimate of drug-likeness (QED) is 0.476. The summed E-state index contributed by atoms with van der Waals surface area (Å²) in [4.78, 5) is 1.43. The lowest BCUT2D eigenvalue weighted by atomic mass is 10.2. The Hall–Kier alpha value is -0.650. The Labute approximate surface area is 65.0 Å². The molecular weight excluding hydrogens is 140 g/mol. The van der Waals surface area contributed by atoms with Gasteiger partial charge >= 0.3 is 0 Å². The van der Waals surface area contributed by atoms with E-state index in [1.165, 1.54) is 22.7 Å². The first-order valence-corrected chi connectivity index (χ1v) is 4.40. The maximum atomic E-state index is 3.11. The Balaban J connectivity index is 2.44. The van der Waals surface area contributed by atoms with Gasteiger partial charge < -0.3 is 0 Å². The largest absolute Gasteiger partial charge is 0.126 e. The Bertz CT molecular complexity index is 262. The molecule has 1 aliphatic heterocycles. The second-order valence-corrected chi connectivity index (χ2v) is 3.46. The van der Waals surface area contributed by atoms with Crippen LogP contribution in [0.5, 0.6) is 0 Å². The summed E-state index contributed by atoms with van der Waals surface area (Å²) in [6.07, 6.45) is 9.49. The van der Waals surface area contributed by atoms with Crippen LogP contribution in [0.15, 0.2) is 40.5 Å². The lowest BCUT2D eigenvalue weighted by molar-refractivity contribution is 1.19. The zero-order chi connectivity index (χ0) is 6.81. The predicted molar refractivity (Wildman–Crippen MR) is 45.9 cm³/mol. The van der Waals surface area contributed by atoms with E-state index >= 15 is 0 Å². The first-order valence-electron chi connectivity index (χ1n) is 3.42. The first kappa shape index (κ1) is 6.09. The summed E-state index contributed by atoms with van der Waals surface area (Å²) in [6, 6.07) is 0. The molecule has 1 aliphatic carbocycles. The van der Waals surface area contributed by atoms with Crippen molar-refractivity contribution in [1.29, 1.82) is 0 Å². The molecule has 0 amide bonds. The minimum absolute atomic E-state index is 1.21. The van der Waals surface area contributed by atoms with Crippen molar-refractivity contribution in [3.63, 3.8) is 0 Å². The van der Waals surface area contributed by atoms with E-state index in [0.29, 0.717) is 0 Å². The molecular formula is C9H8S. The van der Waals surface area contributed by atoms with Gasteiger partial charge in [0.15, 0.2) is 0 Å². The fourth-order valence-corrected chi connectivity index (χ4v) is 2.19. The Morgan fingerprint density at radius 2 is 2.50 bits per heavy atom. The van der Waals surface area contributed by atoms with Crippen LogP contribution in [-0.4, -0.2) is 5.75 Å². The third-order valence-corrected chi connectivity index (χ3v) is 2.76. The highest BCUT2D eigenvalue weighted by Gasteiger charge is 2.10. The molecule has 0 unspecified atom stereocenters. The van der Waals surface area contributed by atoms with Crippen molar-refractivity contribution in [3.8, 4) is 0 Å². The molecule has 1 heteroatoms. The summed E-state index contributed by atoms with van der Waals surface area (Å²) >= 11 is 1.94. The molecule has 0 aromatic carbocycles. The summed E-state index contributed by atoms with van der Waals surface area (Å²) in [7, 11) is 0. The van der Waals surface area contributed by atoms with Crippen LogP contribution in [0.2, 0.25) is 0 Å². The zero-order valence-corrected chi connectivity index (χ0v) is 6.45. The van der Waals surface area contributed by atoms with Gasteiger partial charge in [-0.05, 0) is 30.2 Å². The van der Waals surface area contributed by atoms with Gasteiger partial charge in [-0.1, -0.05) is 6.08 Å². The molecule has 0 fully saturated rings. The van der Waals surface area contributed by atoms with Crippen molar-refractivity contribution < 1.29 is 0 Å². The molecule has 0 saturated carbocycles. The zero-order valence-electron chi connectivity index (χ0n) is 5.63. The van der Waals surface area contributed by atoms with Crippen molar-refractivity contribution in [1.82, 2.24) is 0 Å². The average Bonchev–Trinajstić information content (AvgIpc) is 2.28. The van der Waals surface area contributed by atoms with Gasteiger partial charge in [0.05, 0.1) is 0 Å². The van der Waals surface area contributed by atoms with E-state index in [4.69, 9.17) is 0 Å². The van der Waals surface area contributed by atoms with E-state index in [-0.39, 0.29) is 0 Å². The van der Waals surface area contributed by atoms with Crippen LogP contribution in [0, 0.1) is 0 Å². The van der Waals surface area contributed by atoms with E-state index in [2.05, 4.69) is 24.0 Å². The van der Waals surface area contributed by atoms with E-state index in [1.807, 2.05) is 17.8 Å². The molecule has 0 aromatic rings. The summed E-state index contributed by atoms with van der Waals surface area (Å²) in [5.74, 6) is 1.24. The van der Waals surface area contributed by atoms with E-state index in [1.54, 1.807) is 0 Å². The maximum absolute atomic E-state index is 3.11. The summed E-state index contributed by atoms with van der Waals surface area (Å²) < 4.78 is 0. The Morgan fingerprint density at radius 3 is 3.50 bits per heavy atom. The molecule has 1 heterocycles. The monoisotopic (exact) mass is 148 g/mol. The van der Waals surface area contributed by atoms with Gasteiger partial charge in [0.1, 0.15) is 0 Å². The standard InChI is InChI=1S/C9H8S/c1-2-4-8-6-7-10-9(8)5-3-1/h1,3-5H,6-7H2. The van der Waals surface area contributed by atoms with Crippen molar-refractivity contribution in [3.05, 3.63) is 40.5 Å². The minimum atomic E-state index is 1.21. The lowest BCUT2D eigenvalue weighted by Crippen LogP contribution is -1.71. The molecule has 2 rings (SSSR count). The number of hydrogen-bond donors (Lipinski definition) is 0. The lowest BCUT2D eigenvalue weighted by Gasteiger charge is -1.90. The van der Waals surface area contributed by atoms with E-state index in [9.17, 15) is 0 Å². The highest BCUT2D eigenvalue weighted by Crippen LogP contribution is 2.33. The van der Waals surface area contributed by atoms with Gasteiger partial charge in [-0.2, -0.15) is 0 Å². The molecule has 50 valence electrons. The smallest absolute Gasteiger partial charge is 0.0111 e. The SMILES string of the molecule is C1=CC=CC2=C(C=1)CCS2. The number of allylic oxidation sites excluding steroid dienone is 4. The van der Waals surface area contributed by atoms with Crippen LogP contribution in [0.3, 0.4) is 0 Å². The fourth-order valence-electron chi connectivity index (χ4n) is 1.13. The number of thioether (sulfide) groups is 1. The number of rotatable bonds is 0. The predicted octanol–water partition coefficient (Wildman–Crippen LogP) is 2.66. The van der Waals surface area contributed by atoms with E-state index in [0.717, 1.165) is 0 Å². The normalized spacial score (nSPS) is 21.6. The Kier molecular flexibility index (Phi) is 1.54. The second kappa shape index (κ2) is 2.53. The molecule has 2 aliphatic rings.